The molecule has 0 radical (unpaired) electrons. The lowest BCUT2D eigenvalue weighted by atomic mass is 10.1. The Hall–Kier alpha value is -3.47. The summed E-state index contributed by atoms with van der Waals surface area (Å²) in [7, 11) is 0. The van der Waals surface area contributed by atoms with Crippen LogP contribution in [0.25, 0.3) is 17.1 Å². The molecule has 0 spiro atoms. The van der Waals surface area contributed by atoms with E-state index in [0.29, 0.717) is 23.4 Å². The van der Waals surface area contributed by atoms with E-state index in [-0.39, 0.29) is 11.4 Å². The zero-order valence-electron chi connectivity index (χ0n) is 15.8. The maximum absolute atomic E-state index is 12.8. The molecule has 0 aliphatic carbocycles. The summed E-state index contributed by atoms with van der Waals surface area (Å²) >= 11 is 0. The SMILES string of the molecule is CCn1cc(-c2ccc(C)c(-n3nnn(CC(CN)=C(F)F)c3=O)n2)ccc1=O. The van der Waals surface area contributed by atoms with Gasteiger partial charge in [-0.1, -0.05) is 6.07 Å². The van der Waals surface area contributed by atoms with Crippen LogP contribution in [-0.4, -0.2) is 35.9 Å². The molecule has 0 aliphatic heterocycles. The Labute approximate surface area is 163 Å². The van der Waals surface area contributed by atoms with Gasteiger partial charge in [0.05, 0.1) is 12.2 Å². The van der Waals surface area contributed by atoms with Gasteiger partial charge in [-0.05, 0) is 42.0 Å². The van der Waals surface area contributed by atoms with E-state index in [4.69, 9.17) is 5.73 Å². The first kappa shape index (κ1) is 20.3. The highest BCUT2D eigenvalue weighted by atomic mass is 19.3. The molecule has 152 valence electrons. The molecule has 3 rings (SSSR count). The van der Waals surface area contributed by atoms with Gasteiger partial charge < -0.3 is 10.3 Å². The molecule has 3 aromatic rings. The number of nitrogens with zero attached hydrogens (tertiary/aromatic N) is 6. The van der Waals surface area contributed by atoms with Crippen LogP contribution in [0.1, 0.15) is 12.5 Å². The normalized spacial score (nSPS) is 10.9. The number of nitrogens with two attached hydrogens (primary N) is 1. The summed E-state index contributed by atoms with van der Waals surface area (Å²) in [6, 6.07) is 6.57. The minimum atomic E-state index is -1.95. The van der Waals surface area contributed by atoms with E-state index in [2.05, 4.69) is 15.4 Å². The van der Waals surface area contributed by atoms with Crippen LogP contribution in [0.5, 0.6) is 0 Å². The fraction of sp³-hybridized carbons (Fsp3) is 0.278. The third-order valence-electron chi connectivity index (χ3n) is 4.38. The summed E-state index contributed by atoms with van der Waals surface area (Å²) in [5.41, 5.74) is 5.87. The summed E-state index contributed by atoms with van der Waals surface area (Å²) < 4.78 is 28.9. The van der Waals surface area contributed by atoms with Gasteiger partial charge in [0.25, 0.3) is 11.6 Å². The maximum atomic E-state index is 12.8. The molecule has 0 aliphatic rings. The van der Waals surface area contributed by atoms with Gasteiger partial charge in [-0.25, -0.2) is 9.78 Å². The summed E-state index contributed by atoms with van der Waals surface area (Å²) in [5, 5.41) is 7.42. The van der Waals surface area contributed by atoms with Crippen molar-refractivity contribution in [1.29, 1.82) is 0 Å². The Morgan fingerprint density at radius 1 is 1.14 bits per heavy atom. The number of hydrogen-bond donors (Lipinski definition) is 1. The van der Waals surface area contributed by atoms with Crippen molar-refractivity contribution in [3.63, 3.8) is 0 Å². The molecule has 9 nitrogen and oxygen atoms in total. The Kier molecular flexibility index (Phi) is 5.78. The van der Waals surface area contributed by atoms with Gasteiger partial charge >= 0.3 is 5.69 Å². The third kappa shape index (κ3) is 4.04. The number of pyridine rings is 2. The minimum Gasteiger partial charge on any atom is -0.327 e. The molecule has 0 aromatic carbocycles. The second kappa shape index (κ2) is 8.27. The van der Waals surface area contributed by atoms with Gasteiger partial charge in [0.2, 0.25) is 0 Å². The van der Waals surface area contributed by atoms with E-state index in [1.165, 1.54) is 10.6 Å². The van der Waals surface area contributed by atoms with Crippen LogP contribution in [-0.2, 0) is 13.1 Å². The highest BCUT2D eigenvalue weighted by molar-refractivity contribution is 5.59. The molecule has 0 amide bonds. The van der Waals surface area contributed by atoms with Crippen molar-refractivity contribution in [2.75, 3.05) is 6.54 Å². The average molecular weight is 403 g/mol. The third-order valence-corrected chi connectivity index (χ3v) is 4.38. The molecule has 0 fully saturated rings. The molecule has 0 bridgehead atoms. The van der Waals surface area contributed by atoms with Crippen LogP contribution >= 0.6 is 0 Å². The van der Waals surface area contributed by atoms with Crippen LogP contribution < -0.4 is 17.0 Å². The van der Waals surface area contributed by atoms with Crippen molar-refractivity contribution in [2.45, 2.75) is 26.9 Å². The zero-order valence-corrected chi connectivity index (χ0v) is 15.8. The van der Waals surface area contributed by atoms with Crippen molar-refractivity contribution in [3.05, 3.63) is 68.5 Å². The summed E-state index contributed by atoms with van der Waals surface area (Å²) in [6.07, 6.45) is -0.275. The quantitative estimate of drug-likeness (QED) is 0.659. The molecule has 3 heterocycles. The molecule has 0 saturated heterocycles. The number of aryl methyl sites for hydroxylation is 2. The van der Waals surface area contributed by atoms with E-state index < -0.39 is 30.4 Å². The zero-order chi connectivity index (χ0) is 21.1. The first-order valence-corrected chi connectivity index (χ1v) is 8.80. The first-order valence-electron chi connectivity index (χ1n) is 8.80. The van der Waals surface area contributed by atoms with Crippen LogP contribution in [0, 0.1) is 6.92 Å². The van der Waals surface area contributed by atoms with Gasteiger partial charge in [0.1, 0.15) is 0 Å². The Bertz CT molecular complexity index is 1190. The van der Waals surface area contributed by atoms with Gasteiger partial charge in [-0.15, -0.1) is 4.68 Å². The number of hydrogen-bond acceptors (Lipinski definition) is 6. The summed E-state index contributed by atoms with van der Waals surface area (Å²) in [6.45, 7) is 3.22. The molecular weight excluding hydrogens is 384 g/mol. The molecular formula is C18H19F2N7O2. The predicted molar refractivity (Wildman–Crippen MR) is 102 cm³/mol. The first-order chi connectivity index (χ1) is 13.8. The van der Waals surface area contributed by atoms with Gasteiger partial charge in [-0.3, -0.25) is 4.79 Å². The van der Waals surface area contributed by atoms with Crippen molar-refractivity contribution in [3.8, 4) is 17.1 Å². The molecule has 0 atom stereocenters. The lowest BCUT2D eigenvalue weighted by molar-refractivity contribution is 0.400. The molecule has 11 heteroatoms. The summed E-state index contributed by atoms with van der Waals surface area (Å²) in [5.74, 6) is 0.215. The minimum absolute atomic E-state index is 0.133. The fourth-order valence-corrected chi connectivity index (χ4v) is 2.71. The maximum Gasteiger partial charge on any atom is 0.370 e. The van der Waals surface area contributed by atoms with E-state index in [9.17, 15) is 18.4 Å². The molecule has 0 unspecified atom stereocenters. The molecule has 0 saturated carbocycles. The van der Waals surface area contributed by atoms with Crippen molar-refractivity contribution >= 4 is 0 Å². The largest absolute Gasteiger partial charge is 0.370 e. The van der Waals surface area contributed by atoms with Gasteiger partial charge in [0.15, 0.2) is 5.82 Å². The van der Waals surface area contributed by atoms with Gasteiger partial charge in [0, 0.05) is 36.5 Å². The smallest absolute Gasteiger partial charge is 0.327 e. The standard InChI is InChI=1S/C18H19F2N7O2/c1-3-25-9-12(5-7-15(25)28)14-6-4-11(2)17(22-14)27-18(29)26(23-24-27)10-13(8-21)16(19)20/h4-7,9H,3,8,10,21H2,1-2H3. The Morgan fingerprint density at radius 3 is 2.55 bits per heavy atom. The van der Waals surface area contributed by atoms with E-state index in [0.717, 1.165) is 9.36 Å². The van der Waals surface area contributed by atoms with Crippen LogP contribution in [0.4, 0.5) is 8.78 Å². The second-order valence-electron chi connectivity index (χ2n) is 6.28. The van der Waals surface area contributed by atoms with E-state index in [1.54, 1.807) is 31.3 Å². The van der Waals surface area contributed by atoms with Crippen molar-refractivity contribution in [2.24, 2.45) is 5.73 Å². The molecule has 29 heavy (non-hydrogen) atoms. The number of aromatic nitrogens is 6. The topological polar surface area (TPSA) is 114 Å². The number of tetrazole rings is 1. The van der Waals surface area contributed by atoms with Crippen LogP contribution in [0.15, 0.2) is 51.7 Å². The van der Waals surface area contributed by atoms with Crippen LogP contribution in [0.3, 0.4) is 0 Å². The molecule has 2 N–H and O–H groups in total. The van der Waals surface area contributed by atoms with E-state index >= 15 is 0 Å². The monoisotopic (exact) mass is 403 g/mol. The van der Waals surface area contributed by atoms with Crippen molar-refractivity contribution < 1.29 is 8.78 Å². The van der Waals surface area contributed by atoms with Crippen LogP contribution in [0.2, 0.25) is 0 Å². The second-order valence-corrected chi connectivity index (χ2v) is 6.28. The van der Waals surface area contributed by atoms with E-state index in [1.807, 2.05) is 6.92 Å². The molecule has 3 aromatic heterocycles. The lowest BCUT2D eigenvalue weighted by Gasteiger charge is -2.08. The lowest BCUT2D eigenvalue weighted by Crippen LogP contribution is -2.27. The Morgan fingerprint density at radius 2 is 1.90 bits per heavy atom. The Balaban J connectivity index is 2.05. The average Bonchev–Trinajstić information content (AvgIpc) is 3.06. The number of halogens is 2. The highest BCUT2D eigenvalue weighted by Crippen LogP contribution is 2.19. The van der Waals surface area contributed by atoms with Gasteiger partial charge in [-0.2, -0.15) is 13.5 Å². The number of rotatable bonds is 6. The predicted octanol–water partition coefficient (Wildman–Crippen LogP) is 1.09. The van der Waals surface area contributed by atoms with Crippen molar-refractivity contribution in [1.82, 2.24) is 29.3 Å². The summed E-state index contributed by atoms with van der Waals surface area (Å²) in [4.78, 5) is 28.9. The highest BCUT2D eigenvalue weighted by Gasteiger charge is 2.16. The fourth-order valence-electron chi connectivity index (χ4n) is 2.71.